The lowest BCUT2D eigenvalue weighted by Crippen LogP contribution is -2.15. The maximum absolute atomic E-state index is 14.0. The molecule has 0 aliphatic carbocycles. The van der Waals surface area contributed by atoms with Crippen molar-refractivity contribution in [2.45, 2.75) is 40.4 Å². The van der Waals surface area contributed by atoms with E-state index in [2.05, 4.69) is 0 Å². The molecule has 0 fully saturated rings. The molecule has 0 bridgehead atoms. The minimum atomic E-state index is -4.44. The third-order valence-corrected chi connectivity index (χ3v) is 12.1. The lowest BCUT2D eigenvalue weighted by molar-refractivity contribution is 0.110. The molecule has 0 heterocycles. The van der Waals surface area contributed by atoms with Gasteiger partial charge in [0.2, 0.25) is 0 Å². The first kappa shape index (κ1) is 37.2. The molecular formula is C36H43FO9S2. The van der Waals surface area contributed by atoms with Gasteiger partial charge in [-0.1, -0.05) is 0 Å². The summed E-state index contributed by atoms with van der Waals surface area (Å²) in [6.07, 6.45) is 0. The Bertz CT molecular complexity index is 1480. The Kier molecular flexibility index (Phi) is 14.5. The molecule has 0 aliphatic heterocycles. The van der Waals surface area contributed by atoms with Crippen LogP contribution in [0.5, 0.6) is 17.2 Å². The minimum absolute atomic E-state index is 0.177. The van der Waals surface area contributed by atoms with Crippen molar-refractivity contribution in [3.8, 4) is 17.2 Å². The van der Waals surface area contributed by atoms with Gasteiger partial charge in [0.1, 0.15) is 42.9 Å². The van der Waals surface area contributed by atoms with E-state index in [1.807, 2.05) is 20.8 Å². The minimum Gasteiger partial charge on any atom is -0.491 e. The highest BCUT2D eigenvalue weighted by Crippen LogP contribution is 2.70. The second-order valence-electron chi connectivity index (χ2n) is 10.1. The zero-order valence-corrected chi connectivity index (χ0v) is 29.1. The van der Waals surface area contributed by atoms with E-state index < -0.39 is 26.2 Å². The fraction of sp³-hybridized carbons (Fsp3) is 0.333. The SMILES string of the molecule is CCOCCOc1ccc(S(OS(=O)(=O)c2ccc(F)cc2)(c2ccc(OCCOCC)cc2)c2ccc(OCCOCC)cc2)cc1. The van der Waals surface area contributed by atoms with Gasteiger partial charge < -0.3 is 28.4 Å². The lowest BCUT2D eigenvalue weighted by atomic mass is 10.3. The molecule has 260 valence electrons. The van der Waals surface area contributed by atoms with Crippen LogP contribution in [0.3, 0.4) is 0 Å². The van der Waals surface area contributed by atoms with Crippen molar-refractivity contribution in [3.63, 3.8) is 0 Å². The topological polar surface area (TPSA) is 98.8 Å². The van der Waals surface area contributed by atoms with Gasteiger partial charge >= 0.3 is 10.1 Å². The Morgan fingerprint density at radius 1 is 0.458 bits per heavy atom. The van der Waals surface area contributed by atoms with Crippen LogP contribution in [0.4, 0.5) is 4.39 Å². The van der Waals surface area contributed by atoms with Crippen LogP contribution in [0.1, 0.15) is 20.8 Å². The van der Waals surface area contributed by atoms with Crippen LogP contribution >= 0.6 is 10.3 Å². The van der Waals surface area contributed by atoms with E-state index in [0.717, 1.165) is 12.1 Å². The number of halogens is 1. The molecule has 9 nitrogen and oxygen atoms in total. The predicted octanol–water partition coefficient (Wildman–Crippen LogP) is 7.67. The molecule has 0 radical (unpaired) electrons. The van der Waals surface area contributed by atoms with Gasteiger partial charge in [-0.15, -0.1) is 0 Å². The summed E-state index contributed by atoms with van der Waals surface area (Å²) >= 11 is 0. The van der Waals surface area contributed by atoms with Crippen LogP contribution in [-0.4, -0.2) is 67.9 Å². The Balaban J connectivity index is 1.82. The van der Waals surface area contributed by atoms with Gasteiger partial charge in [0, 0.05) is 34.5 Å². The van der Waals surface area contributed by atoms with Crippen molar-refractivity contribution in [1.29, 1.82) is 0 Å². The molecule has 4 aromatic rings. The van der Waals surface area contributed by atoms with Crippen LogP contribution < -0.4 is 14.2 Å². The van der Waals surface area contributed by atoms with Gasteiger partial charge in [-0.2, -0.15) is 8.42 Å². The monoisotopic (exact) mass is 702 g/mol. The Morgan fingerprint density at radius 3 is 1.08 bits per heavy atom. The molecule has 0 spiro atoms. The maximum atomic E-state index is 14.0. The van der Waals surface area contributed by atoms with Crippen molar-refractivity contribution >= 4 is 20.4 Å². The van der Waals surface area contributed by atoms with Crippen LogP contribution in [0.2, 0.25) is 0 Å². The van der Waals surface area contributed by atoms with E-state index in [-0.39, 0.29) is 4.90 Å². The fourth-order valence-electron chi connectivity index (χ4n) is 4.57. The molecule has 12 heteroatoms. The summed E-state index contributed by atoms with van der Waals surface area (Å²) in [6, 6.07) is 26.0. The van der Waals surface area contributed by atoms with Gasteiger partial charge in [0.15, 0.2) is 0 Å². The average molecular weight is 703 g/mol. The van der Waals surface area contributed by atoms with Crippen LogP contribution in [0, 0.1) is 5.82 Å². The highest BCUT2D eigenvalue weighted by Gasteiger charge is 2.38. The second-order valence-corrected chi connectivity index (χ2v) is 14.5. The number of benzene rings is 4. The van der Waals surface area contributed by atoms with Crippen LogP contribution in [0.15, 0.2) is 117 Å². The Labute approximate surface area is 284 Å². The van der Waals surface area contributed by atoms with Gasteiger partial charge in [0.05, 0.1) is 24.7 Å². The van der Waals surface area contributed by atoms with Gasteiger partial charge in [0.25, 0.3) is 0 Å². The van der Waals surface area contributed by atoms with Gasteiger partial charge in [-0.05, 0) is 128 Å². The molecule has 0 saturated heterocycles. The van der Waals surface area contributed by atoms with Crippen molar-refractivity contribution in [1.82, 2.24) is 0 Å². The van der Waals surface area contributed by atoms with E-state index in [1.54, 1.807) is 72.8 Å². The van der Waals surface area contributed by atoms with Crippen molar-refractivity contribution in [3.05, 3.63) is 103 Å². The highest BCUT2D eigenvalue weighted by molar-refractivity contribution is 8.33. The van der Waals surface area contributed by atoms with Crippen molar-refractivity contribution in [2.24, 2.45) is 0 Å². The molecular weight excluding hydrogens is 660 g/mol. The molecule has 4 aromatic carbocycles. The summed E-state index contributed by atoms with van der Waals surface area (Å²) in [4.78, 5) is 1.57. The molecule has 4 rings (SSSR count). The predicted molar refractivity (Wildman–Crippen MR) is 182 cm³/mol. The summed E-state index contributed by atoms with van der Waals surface area (Å²) in [7, 11) is -7.45. The van der Waals surface area contributed by atoms with E-state index in [1.165, 1.54) is 12.1 Å². The van der Waals surface area contributed by atoms with Crippen molar-refractivity contribution < 1.29 is 44.9 Å². The summed E-state index contributed by atoms with van der Waals surface area (Å²) in [5, 5.41) is 0. The average Bonchev–Trinajstić information content (AvgIpc) is 3.10. The molecule has 0 aromatic heterocycles. The van der Waals surface area contributed by atoms with Crippen molar-refractivity contribution in [2.75, 3.05) is 59.5 Å². The number of hydrogen-bond donors (Lipinski definition) is 0. The first-order valence-corrected chi connectivity index (χ1v) is 18.8. The number of hydrogen-bond acceptors (Lipinski definition) is 9. The van der Waals surface area contributed by atoms with E-state index >= 15 is 0 Å². The second kappa shape index (κ2) is 18.8. The largest absolute Gasteiger partial charge is 0.491 e. The van der Waals surface area contributed by atoms with Gasteiger partial charge in [-0.3, -0.25) is 0 Å². The third kappa shape index (κ3) is 10.2. The van der Waals surface area contributed by atoms with Crippen LogP contribution in [0.25, 0.3) is 0 Å². The quantitative estimate of drug-likeness (QED) is 0.0810. The van der Waals surface area contributed by atoms with Gasteiger partial charge in [-0.25, -0.2) is 8.02 Å². The normalized spacial score (nSPS) is 12.1. The van der Waals surface area contributed by atoms with E-state index in [4.69, 9.17) is 32.1 Å². The van der Waals surface area contributed by atoms with Crippen LogP contribution in [-0.2, 0) is 28.0 Å². The maximum Gasteiger partial charge on any atom is 0.307 e. The first-order chi connectivity index (χ1) is 23.3. The molecule has 0 unspecified atom stereocenters. The summed E-state index contributed by atoms with van der Waals surface area (Å²) in [5.41, 5.74) is 0. The first-order valence-electron chi connectivity index (χ1n) is 15.8. The number of ether oxygens (including phenoxy) is 6. The molecule has 0 aliphatic rings. The smallest absolute Gasteiger partial charge is 0.307 e. The summed E-state index contributed by atoms with van der Waals surface area (Å²) in [6.45, 7) is 9.87. The standard InChI is InChI=1S/C36H43FO9S2/c1-4-40-23-26-43-30-9-17-33(18-10-30)47(46-48(38,39)36-15-7-29(37)8-16-36,34-19-11-31(12-20-34)44-27-24-41-5-2)35-21-13-32(14-22-35)45-28-25-42-6-3/h7-22H,4-6,23-28H2,1-3H3. The third-order valence-electron chi connectivity index (χ3n) is 6.86. The molecule has 0 amide bonds. The zero-order chi connectivity index (χ0) is 34.2. The Hall–Kier alpha value is -3.65. The summed E-state index contributed by atoms with van der Waals surface area (Å²) in [5.74, 6) is 1.20. The summed E-state index contributed by atoms with van der Waals surface area (Å²) < 4.78 is 82.0. The lowest BCUT2D eigenvalue weighted by Gasteiger charge is -2.39. The zero-order valence-electron chi connectivity index (χ0n) is 27.5. The molecule has 48 heavy (non-hydrogen) atoms. The van der Waals surface area contributed by atoms with E-state index in [0.29, 0.717) is 91.4 Å². The number of rotatable bonds is 21. The Morgan fingerprint density at radius 2 is 0.771 bits per heavy atom. The highest BCUT2D eigenvalue weighted by atomic mass is 32.3. The molecule has 0 N–H and O–H groups in total. The fourth-order valence-corrected chi connectivity index (χ4v) is 9.75. The molecule has 0 saturated carbocycles. The molecule has 0 atom stereocenters. The van der Waals surface area contributed by atoms with E-state index in [9.17, 15) is 12.8 Å².